The van der Waals surface area contributed by atoms with E-state index in [0.29, 0.717) is 12.4 Å². The van der Waals surface area contributed by atoms with E-state index in [-0.39, 0.29) is 5.91 Å². The van der Waals surface area contributed by atoms with Crippen LogP contribution in [0.25, 0.3) is 11.3 Å². The molecule has 5 heteroatoms. The lowest BCUT2D eigenvalue weighted by Gasteiger charge is -2.09. The predicted molar refractivity (Wildman–Crippen MR) is 68.6 cm³/mol. The molecular weight excluding hydrogens is 230 g/mol. The van der Waals surface area contributed by atoms with Crippen molar-refractivity contribution in [2.75, 3.05) is 24.3 Å². The Hall–Kier alpha value is -2.30. The van der Waals surface area contributed by atoms with Crippen LogP contribution in [-0.2, 0) is 11.2 Å². The summed E-state index contributed by atoms with van der Waals surface area (Å²) < 4.78 is 5.23. The Balaban J connectivity index is 2.01. The largest absolute Gasteiger partial charge is 0.432 e. The Kier molecular flexibility index (Phi) is 2.33. The second kappa shape index (κ2) is 3.87. The summed E-state index contributed by atoms with van der Waals surface area (Å²) in [6.45, 7) is 0. The van der Waals surface area contributed by atoms with Gasteiger partial charge in [-0.05, 0) is 17.7 Å². The van der Waals surface area contributed by atoms with Gasteiger partial charge in [-0.15, -0.1) is 0 Å². The smallest absolute Gasteiger partial charge is 0.294 e. The maximum absolute atomic E-state index is 11.6. The minimum Gasteiger partial charge on any atom is -0.432 e. The highest BCUT2D eigenvalue weighted by molar-refractivity contribution is 6.01. The maximum atomic E-state index is 11.6. The summed E-state index contributed by atoms with van der Waals surface area (Å²) in [6.07, 6.45) is 2.06. The molecule has 0 atom stereocenters. The number of hydrogen-bond donors (Lipinski definition) is 1. The third-order valence-electron chi connectivity index (χ3n) is 3.17. The topological polar surface area (TPSA) is 58.4 Å². The summed E-state index contributed by atoms with van der Waals surface area (Å²) in [4.78, 5) is 17.6. The number of benzene rings is 1. The van der Waals surface area contributed by atoms with Gasteiger partial charge in [0.1, 0.15) is 12.0 Å². The molecule has 18 heavy (non-hydrogen) atoms. The number of rotatable bonds is 2. The van der Waals surface area contributed by atoms with Gasteiger partial charge in [0.15, 0.2) is 0 Å². The lowest BCUT2D eigenvalue weighted by Crippen LogP contribution is -2.20. The lowest BCUT2D eigenvalue weighted by molar-refractivity contribution is -0.117. The van der Waals surface area contributed by atoms with Gasteiger partial charge in [0.05, 0.1) is 6.42 Å². The molecule has 1 aromatic heterocycles. The van der Waals surface area contributed by atoms with Crippen LogP contribution in [0.4, 0.5) is 11.7 Å². The van der Waals surface area contributed by atoms with E-state index in [0.717, 1.165) is 22.5 Å². The number of carbonyl (C=O) groups excluding carboxylic acids is 1. The Morgan fingerprint density at radius 3 is 3.00 bits per heavy atom. The normalized spacial score (nSPS) is 13.9. The molecule has 2 aromatic rings. The Labute approximate surface area is 104 Å². The summed E-state index contributed by atoms with van der Waals surface area (Å²) in [5.74, 6) is 0.123. The zero-order chi connectivity index (χ0) is 12.7. The van der Waals surface area contributed by atoms with Crippen LogP contribution in [0.3, 0.4) is 0 Å². The van der Waals surface area contributed by atoms with E-state index < -0.39 is 0 Å². The fraction of sp³-hybridized carbons (Fsp3) is 0.231. The number of nitrogens with one attached hydrogen (secondary N) is 1. The van der Waals surface area contributed by atoms with Gasteiger partial charge >= 0.3 is 0 Å². The average Bonchev–Trinajstić information content (AvgIpc) is 2.95. The highest BCUT2D eigenvalue weighted by atomic mass is 16.4. The molecule has 1 amide bonds. The summed E-state index contributed by atoms with van der Waals surface area (Å²) in [5.41, 5.74) is 3.74. The van der Waals surface area contributed by atoms with Crippen LogP contribution in [-0.4, -0.2) is 25.0 Å². The van der Waals surface area contributed by atoms with Gasteiger partial charge < -0.3 is 14.6 Å². The highest BCUT2D eigenvalue weighted by Gasteiger charge is 2.24. The molecule has 5 nitrogen and oxygen atoms in total. The van der Waals surface area contributed by atoms with Crippen LogP contribution in [0.2, 0.25) is 0 Å². The summed E-state index contributed by atoms with van der Waals surface area (Å²) >= 11 is 0. The minimum absolute atomic E-state index is 0.123. The van der Waals surface area contributed by atoms with Crippen molar-refractivity contribution < 1.29 is 9.21 Å². The van der Waals surface area contributed by atoms with E-state index in [9.17, 15) is 4.79 Å². The van der Waals surface area contributed by atoms with Gasteiger partial charge in [0.25, 0.3) is 6.01 Å². The number of carbonyl (C=O) groups is 1. The number of likely N-dealkylation sites (N-methyl/N-ethyl adjacent to an activating group) is 1. The van der Waals surface area contributed by atoms with Gasteiger partial charge in [0.2, 0.25) is 5.91 Å². The number of aromatic nitrogens is 1. The molecule has 1 aliphatic heterocycles. The first kappa shape index (κ1) is 10.8. The van der Waals surface area contributed by atoms with Gasteiger partial charge in [-0.25, -0.2) is 0 Å². The SMILES string of the molecule is CNc1nc(-c2ccc3c(c2)CC(=O)N3C)co1. The Morgan fingerprint density at radius 2 is 2.28 bits per heavy atom. The summed E-state index contributed by atoms with van der Waals surface area (Å²) in [7, 11) is 3.55. The molecule has 0 radical (unpaired) electrons. The molecule has 0 saturated heterocycles. The molecule has 92 valence electrons. The molecule has 0 saturated carbocycles. The quantitative estimate of drug-likeness (QED) is 0.875. The van der Waals surface area contributed by atoms with Crippen LogP contribution < -0.4 is 10.2 Å². The Morgan fingerprint density at radius 1 is 1.44 bits per heavy atom. The van der Waals surface area contributed by atoms with Crippen LogP contribution in [0.15, 0.2) is 28.9 Å². The first-order valence-electron chi connectivity index (χ1n) is 5.72. The molecular formula is C13H13N3O2. The predicted octanol–water partition coefficient (Wildman–Crippen LogP) is 1.90. The van der Waals surface area contributed by atoms with E-state index in [2.05, 4.69) is 10.3 Å². The van der Waals surface area contributed by atoms with Crippen molar-refractivity contribution in [2.24, 2.45) is 0 Å². The summed E-state index contributed by atoms with van der Waals surface area (Å²) in [6, 6.07) is 6.38. The fourth-order valence-electron chi connectivity index (χ4n) is 2.15. The van der Waals surface area contributed by atoms with Crippen LogP contribution in [0.1, 0.15) is 5.56 Å². The van der Waals surface area contributed by atoms with Crippen LogP contribution >= 0.6 is 0 Å². The molecule has 0 spiro atoms. The average molecular weight is 243 g/mol. The summed E-state index contributed by atoms with van der Waals surface area (Å²) in [5, 5.41) is 2.84. The van der Waals surface area contributed by atoms with E-state index in [1.165, 1.54) is 0 Å². The monoisotopic (exact) mass is 243 g/mol. The fourth-order valence-corrected chi connectivity index (χ4v) is 2.15. The van der Waals surface area contributed by atoms with E-state index in [1.54, 1.807) is 25.3 Å². The van der Waals surface area contributed by atoms with Crippen molar-refractivity contribution in [3.63, 3.8) is 0 Å². The van der Waals surface area contributed by atoms with Crippen LogP contribution in [0, 0.1) is 0 Å². The molecule has 0 unspecified atom stereocenters. The number of nitrogens with zero attached hydrogens (tertiary/aromatic N) is 2. The van der Waals surface area contributed by atoms with Crippen molar-refractivity contribution in [1.29, 1.82) is 0 Å². The van der Waals surface area contributed by atoms with Crippen molar-refractivity contribution >= 4 is 17.6 Å². The molecule has 2 heterocycles. The molecule has 0 fully saturated rings. The number of hydrogen-bond acceptors (Lipinski definition) is 4. The zero-order valence-corrected chi connectivity index (χ0v) is 10.2. The van der Waals surface area contributed by atoms with Crippen molar-refractivity contribution in [2.45, 2.75) is 6.42 Å². The van der Waals surface area contributed by atoms with Crippen LogP contribution in [0.5, 0.6) is 0 Å². The lowest BCUT2D eigenvalue weighted by atomic mass is 10.1. The molecule has 1 N–H and O–H groups in total. The number of amides is 1. The Bertz CT molecular complexity index is 618. The molecule has 0 bridgehead atoms. The van der Waals surface area contributed by atoms with Gasteiger partial charge in [0, 0.05) is 25.3 Å². The molecule has 1 aromatic carbocycles. The standard InChI is InChI=1S/C13H13N3O2/c1-14-13-15-10(7-18-13)8-3-4-11-9(5-8)6-12(17)16(11)2/h3-5,7H,6H2,1-2H3,(H,14,15). The number of fused-ring (bicyclic) bond motifs is 1. The van der Waals surface area contributed by atoms with Gasteiger partial charge in [-0.2, -0.15) is 4.98 Å². The van der Waals surface area contributed by atoms with Crippen molar-refractivity contribution in [1.82, 2.24) is 4.98 Å². The highest BCUT2D eigenvalue weighted by Crippen LogP contribution is 2.31. The molecule has 0 aliphatic carbocycles. The molecule has 3 rings (SSSR count). The van der Waals surface area contributed by atoms with Gasteiger partial charge in [-0.1, -0.05) is 6.07 Å². The third-order valence-corrected chi connectivity index (χ3v) is 3.17. The van der Waals surface area contributed by atoms with E-state index >= 15 is 0 Å². The number of anilines is 2. The first-order valence-corrected chi connectivity index (χ1v) is 5.72. The zero-order valence-electron chi connectivity index (χ0n) is 10.2. The van der Waals surface area contributed by atoms with Crippen molar-refractivity contribution in [3.8, 4) is 11.3 Å². The number of oxazole rings is 1. The second-order valence-electron chi connectivity index (χ2n) is 4.26. The second-order valence-corrected chi connectivity index (χ2v) is 4.26. The first-order chi connectivity index (χ1) is 8.69. The van der Waals surface area contributed by atoms with Crippen molar-refractivity contribution in [3.05, 3.63) is 30.0 Å². The molecule has 1 aliphatic rings. The van der Waals surface area contributed by atoms with Gasteiger partial charge in [-0.3, -0.25) is 4.79 Å². The van der Waals surface area contributed by atoms with E-state index in [1.807, 2.05) is 18.2 Å². The third kappa shape index (κ3) is 1.55. The maximum Gasteiger partial charge on any atom is 0.294 e. The minimum atomic E-state index is 0.123. The van der Waals surface area contributed by atoms with E-state index in [4.69, 9.17) is 4.42 Å².